The Balaban J connectivity index is 2.18. The number of nitrogens with zero attached hydrogens (tertiary/aromatic N) is 3. The lowest BCUT2D eigenvalue weighted by molar-refractivity contribution is 0.169. The van der Waals surface area contributed by atoms with E-state index in [-0.39, 0.29) is 12.0 Å². The van der Waals surface area contributed by atoms with E-state index in [1.54, 1.807) is 4.68 Å². The Morgan fingerprint density at radius 2 is 2.26 bits per heavy atom. The van der Waals surface area contributed by atoms with E-state index in [9.17, 15) is 9.50 Å². The molecule has 0 aliphatic carbocycles. The standard InChI is InChI=1S/C13H15ClFN3O/c1-2-5-18-13(16-8-17-18)7-12(19)10-6-9(14)3-4-11(10)15/h3-4,6,8,12,19H,2,5,7H2,1H3. The monoisotopic (exact) mass is 283 g/mol. The fraction of sp³-hybridized carbons (Fsp3) is 0.385. The van der Waals surface area contributed by atoms with Crippen LogP contribution >= 0.6 is 11.6 Å². The van der Waals surface area contributed by atoms with Crippen LogP contribution in [0.2, 0.25) is 5.02 Å². The predicted molar refractivity (Wildman–Crippen MR) is 70.4 cm³/mol. The molecule has 1 heterocycles. The van der Waals surface area contributed by atoms with Gasteiger partial charge in [-0.2, -0.15) is 5.10 Å². The number of halogens is 2. The number of aryl methyl sites for hydroxylation is 1. The van der Waals surface area contributed by atoms with Crippen molar-refractivity contribution in [2.24, 2.45) is 0 Å². The lowest BCUT2D eigenvalue weighted by Crippen LogP contribution is -2.11. The molecule has 0 aliphatic rings. The minimum absolute atomic E-state index is 0.179. The maximum Gasteiger partial charge on any atom is 0.138 e. The Hall–Kier alpha value is -1.46. The van der Waals surface area contributed by atoms with Crippen molar-refractivity contribution in [3.05, 3.63) is 46.8 Å². The van der Waals surface area contributed by atoms with Gasteiger partial charge < -0.3 is 5.11 Å². The maximum atomic E-state index is 13.6. The molecule has 0 aliphatic heterocycles. The van der Waals surface area contributed by atoms with E-state index in [0.29, 0.717) is 10.8 Å². The minimum Gasteiger partial charge on any atom is -0.388 e. The minimum atomic E-state index is -0.987. The van der Waals surface area contributed by atoms with Crippen LogP contribution in [0.25, 0.3) is 0 Å². The highest BCUT2D eigenvalue weighted by molar-refractivity contribution is 6.30. The normalized spacial score (nSPS) is 12.6. The third-order valence-corrected chi connectivity index (χ3v) is 3.06. The van der Waals surface area contributed by atoms with Crippen LogP contribution in [0.1, 0.15) is 30.8 Å². The van der Waals surface area contributed by atoms with Crippen LogP contribution < -0.4 is 0 Å². The lowest BCUT2D eigenvalue weighted by Gasteiger charge is -2.12. The molecule has 4 nitrogen and oxygen atoms in total. The molecular formula is C13H15ClFN3O. The molecule has 6 heteroatoms. The molecule has 0 amide bonds. The molecular weight excluding hydrogens is 269 g/mol. The summed E-state index contributed by atoms with van der Waals surface area (Å²) in [5.74, 6) is 0.159. The fourth-order valence-corrected chi connectivity index (χ4v) is 2.08. The van der Waals surface area contributed by atoms with Gasteiger partial charge in [0.25, 0.3) is 0 Å². The summed E-state index contributed by atoms with van der Waals surface area (Å²) in [5.41, 5.74) is 0.179. The SMILES string of the molecule is CCCn1ncnc1CC(O)c1cc(Cl)ccc1F. The van der Waals surface area contributed by atoms with Crippen molar-refractivity contribution in [3.8, 4) is 0 Å². The van der Waals surface area contributed by atoms with Gasteiger partial charge in [0.15, 0.2) is 0 Å². The van der Waals surface area contributed by atoms with Crippen molar-refractivity contribution in [3.63, 3.8) is 0 Å². The zero-order valence-electron chi connectivity index (χ0n) is 10.6. The molecule has 1 N–H and O–H groups in total. The molecule has 2 aromatic rings. The first kappa shape index (κ1) is 14.0. The summed E-state index contributed by atoms with van der Waals surface area (Å²) >= 11 is 5.81. The Labute approximate surface area is 115 Å². The Bertz CT molecular complexity index is 559. The second-order valence-electron chi connectivity index (χ2n) is 4.29. The quantitative estimate of drug-likeness (QED) is 0.918. The largest absolute Gasteiger partial charge is 0.388 e. The number of aliphatic hydroxyl groups excluding tert-OH is 1. The molecule has 0 saturated carbocycles. The van der Waals surface area contributed by atoms with Gasteiger partial charge in [-0.15, -0.1) is 0 Å². The smallest absolute Gasteiger partial charge is 0.138 e. The van der Waals surface area contributed by atoms with Crippen LogP contribution in [-0.2, 0) is 13.0 Å². The van der Waals surface area contributed by atoms with Gasteiger partial charge in [-0.1, -0.05) is 18.5 Å². The van der Waals surface area contributed by atoms with Crippen LogP contribution in [0.5, 0.6) is 0 Å². The van der Waals surface area contributed by atoms with Crippen molar-refractivity contribution in [1.82, 2.24) is 14.8 Å². The molecule has 1 unspecified atom stereocenters. The van der Waals surface area contributed by atoms with Crippen LogP contribution in [0.3, 0.4) is 0 Å². The van der Waals surface area contributed by atoms with E-state index in [0.717, 1.165) is 13.0 Å². The van der Waals surface area contributed by atoms with E-state index < -0.39 is 11.9 Å². The Morgan fingerprint density at radius 3 is 3.00 bits per heavy atom. The molecule has 1 atom stereocenters. The first-order valence-corrected chi connectivity index (χ1v) is 6.49. The highest BCUT2D eigenvalue weighted by atomic mass is 35.5. The van der Waals surface area contributed by atoms with Crippen LogP contribution in [-0.4, -0.2) is 19.9 Å². The molecule has 0 radical (unpaired) electrons. The van der Waals surface area contributed by atoms with Gasteiger partial charge in [-0.25, -0.2) is 9.37 Å². The average Bonchev–Trinajstić information content (AvgIpc) is 2.80. The van der Waals surface area contributed by atoms with E-state index in [2.05, 4.69) is 10.1 Å². The number of hydrogen-bond acceptors (Lipinski definition) is 3. The molecule has 0 bridgehead atoms. The first-order chi connectivity index (χ1) is 9.11. The Kier molecular flexibility index (Phi) is 4.50. The second kappa shape index (κ2) is 6.12. The molecule has 0 fully saturated rings. The van der Waals surface area contributed by atoms with E-state index >= 15 is 0 Å². The molecule has 2 rings (SSSR count). The maximum absolute atomic E-state index is 13.6. The first-order valence-electron chi connectivity index (χ1n) is 6.11. The number of hydrogen-bond donors (Lipinski definition) is 1. The van der Waals surface area contributed by atoms with Gasteiger partial charge in [-0.05, 0) is 24.6 Å². The zero-order chi connectivity index (χ0) is 13.8. The van der Waals surface area contributed by atoms with E-state index in [1.807, 2.05) is 6.92 Å². The molecule has 0 saturated heterocycles. The summed E-state index contributed by atoms with van der Waals surface area (Å²) in [6.45, 7) is 2.75. The summed E-state index contributed by atoms with van der Waals surface area (Å²) < 4.78 is 15.3. The molecule has 1 aromatic carbocycles. The number of rotatable bonds is 5. The predicted octanol–water partition coefficient (Wildman–Crippen LogP) is 2.76. The van der Waals surface area contributed by atoms with Crippen LogP contribution in [0.15, 0.2) is 24.5 Å². The van der Waals surface area contributed by atoms with Gasteiger partial charge in [0.05, 0.1) is 6.10 Å². The summed E-state index contributed by atoms with van der Waals surface area (Å²) in [4.78, 5) is 4.09. The highest BCUT2D eigenvalue weighted by Gasteiger charge is 2.17. The fourth-order valence-electron chi connectivity index (χ4n) is 1.90. The Morgan fingerprint density at radius 1 is 1.47 bits per heavy atom. The summed E-state index contributed by atoms with van der Waals surface area (Å²) in [5, 5.41) is 14.6. The highest BCUT2D eigenvalue weighted by Crippen LogP contribution is 2.23. The van der Waals surface area contributed by atoms with Crippen molar-refractivity contribution in [1.29, 1.82) is 0 Å². The zero-order valence-corrected chi connectivity index (χ0v) is 11.3. The van der Waals surface area contributed by atoms with Crippen molar-refractivity contribution in [2.45, 2.75) is 32.4 Å². The van der Waals surface area contributed by atoms with Crippen molar-refractivity contribution < 1.29 is 9.50 Å². The summed E-state index contributed by atoms with van der Waals surface area (Å²) in [7, 11) is 0. The number of aromatic nitrogens is 3. The average molecular weight is 284 g/mol. The van der Waals surface area contributed by atoms with Gasteiger partial charge in [-0.3, -0.25) is 4.68 Å². The topological polar surface area (TPSA) is 50.9 Å². The van der Waals surface area contributed by atoms with E-state index in [4.69, 9.17) is 11.6 Å². The van der Waals surface area contributed by atoms with Gasteiger partial charge in [0, 0.05) is 23.6 Å². The number of benzene rings is 1. The third-order valence-electron chi connectivity index (χ3n) is 2.82. The van der Waals surface area contributed by atoms with Gasteiger partial charge in [0.2, 0.25) is 0 Å². The number of aliphatic hydroxyl groups is 1. The van der Waals surface area contributed by atoms with Crippen molar-refractivity contribution in [2.75, 3.05) is 0 Å². The van der Waals surface area contributed by atoms with Gasteiger partial charge >= 0.3 is 0 Å². The van der Waals surface area contributed by atoms with Crippen molar-refractivity contribution >= 4 is 11.6 Å². The van der Waals surface area contributed by atoms with Gasteiger partial charge in [0.1, 0.15) is 18.0 Å². The van der Waals surface area contributed by atoms with Crippen LogP contribution in [0, 0.1) is 5.82 Å². The lowest BCUT2D eigenvalue weighted by atomic mass is 10.1. The third kappa shape index (κ3) is 3.30. The second-order valence-corrected chi connectivity index (χ2v) is 4.72. The molecule has 19 heavy (non-hydrogen) atoms. The van der Waals surface area contributed by atoms with E-state index in [1.165, 1.54) is 24.5 Å². The van der Waals surface area contributed by atoms with Crippen LogP contribution in [0.4, 0.5) is 4.39 Å². The molecule has 1 aromatic heterocycles. The summed E-state index contributed by atoms with van der Waals surface area (Å²) in [6.07, 6.45) is 1.57. The summed E-state index contributed by atoms with van der Waals surface area (Å²) in [6, 6.07) is 4.13. The molecule has 0 spiro atoms. The molecule has 102 valence electrons.